The highest BCUT2D eigenvalue weighted by molar-refractivity contribution is 4.74. The lowest BCUT2D eigenvalue weighted by Gasteiger charge is -2.36. The molecule has 2 heterocycles. The molecule has 0 radical (unpaired) electrons. The molecule has 2 fully saturated rings. The van der Waals surface area contributed by atoms with E-state index in [1.165, 1.54) is 78.4 Å². The van der Waals surface area contributed by atoms with Crippen LogP contribution in [0, 0.1) is 0 Å². The van der Waals surface area contributed by atoms with Gasteiger partial charge in [0.15, 0.2) is 0 Å². The molecule has 20 heavy (non-hydrogen) atoms. The van der Waals surface area contributed by atoms with Crippen molar-refractivity contribution in [3.8, 4) is 0 Å². The van der Waals surface area contributed by atoms with Gasteiger partial charge in [0.05, 0.1) is 0 Å². The first-order valence-corrected chi connectivity index (χ1v) is 8.26. The van der Waals surface area contributed by atoms with Crippen LogP contribution in [0.2, 0.25) is 0 Å². The molecular weight excluding hydrogens is 250 g/mol. The minimum atomic E-state index is 1.16. The molecule has 5 nitrogen and oxygen atoms in total. The summed E-state index contributed by atoms with van der Waals surface area (Å²) in [6.07, 6.45) is 1.30. The van der Waals surface area contributed by atoms with Crippen LogP contribution in [0.3, 0.4) is 0 Å². The third-order valence-electron chi connectivity index (χ3n) is 4.49. The highest BCUT2D eigenvalue weighted by Crippen LogP contribution is 2.03. The van der Waals surface area contributed by atoms with Crippen LogP contribution < -0.4 is 5.32 Å². The summed E-state index contributed by atoms with van der Waals surface area (Å²) in [5, 5.41) is 3.48. The number of nitrogens with zero attached hydrogens (tertiary/aromatic N) is 4. The Bertz CT molecular complexity index is 243. The normalized spacial score (nSPS) is 24.1. The second-order valence-corrected chi connectivity index (χ2v) is 6.43. The molecule has 0 amide bonds. The highest BCUT2D eigenvalue weighted by atomic mass is 15.3. The SMILES string of the molecule is CN(C)CCN1CCN(CCN2CCCNCC2)CC1. The van der Waals surface area contributed by atoms with Gasteiger partial charge >= 0.3 is 0 Å². The van der Waals surface area contributed by atoms with E-state index in [-0.39, 0.29) is 0 Å². The Kier molecular flexibility index (Phi) is 7.24. The summed E-state index contributed by atoms with van der Waals surface area (Å²) in [5.41, 5.74) is 0. The Labute approximate surface area is 124 Å². The highest BCUT2D eigenvalue weighted by Gasteiger charge is 2.17. The number of hydrogen-bond donors (Lipinski definition) is 1. The summed E-state index contributed by atoms with van der Waals surface area (Å²) in [6.45, 7) is 14.8. The molecule has 0 aromatic carbocycles. The zero-order valence-corrected chi connectivity index (χ0v) is 13.5. The lowest BCUT2D eigenvalue weighted by Crippen LogP contribution is -2.49. The van der Waals surface area contributed by atoms with Gasteiger partial charge in [-0.15, -0.1) is 0 Å². The number of nitrogens with one attached hydrogen (secondary N) is 1. The molecular formula is C15H33N5. The lowest BCUT2D eigenvalue weighted by atomic mass is 10.3. The topological polar surface area (TPSA) is 25.0 Å². The van der Waals surface area contributed by atoms with Crippen LogP contribution in [-0.4, -0.2) is 112 Å². The quantitative estimate of drug-likeness (QED) is 0.706. The van der Waals surface area contributed by atoms with E-state index in [0.29, 0.717) is 0 Å². The molecule has 0 aromatic rings. The fraction of sp³-hybridized carbons (Fsp3) is 1.00. The van der Waals surface area contributed by atoms with Crippen LogP contribution in [0.5, 0.6) is 0 Å². The second-order valence-electron chi connectivity index (χ2n) is 6.43. The van der Waals surface area contributed by atoms with Gasteiger partial charge in [0, 0.05) is 65.4 Å². The Morgan fingerprint density at radius 1 is 0.750 bits per heavy atom. The Morgan fingerprint density at radius 3 is 2.00 bits per heavy atom. The minimum Gasteiger partial charge on any atom is -0.315 e. The number of piperazine rings is 1. The van der Waals surface area contributed by atoms with Gasteiger partial charge < -0.3 is 15.1 Å². The molecule has 2 aliphatic heterocycles. The van der Waals surface area contributed by atoms with Crippen molar-refractivity contribution in [3.63, 3.8) is 0 Å². The molecule has 0 spiro atoms. The molecule has 0 bridgehead atoms. The van der Waals surface area contributed by atoms with Crippen LogP contribution in [-0.2, 0) is 0 Å². The van der Waals surface area contributed by atoms with Gasteiger partial charge in [-0.25, -0.2) is 0 Å². The van der Waals surface area contributed by atoms with E-state index in [4.69, 9.17) is 0 Å². The molecule has 5 heteroatoms. The van der Waals surface area contributed by atoms with Crippen LogP contribution in [0.15, 0.2) is 0 Å². The Morgan fingerprint density at radius 2 is 1.35 bits per heavy atom. The Balaban J connectivity index is 1.57. The van der Waals surface area contributed by atoms with Gasteiger partial charge in [-0.3, -0.25) is 9.80 Å². The van der Waals surface area contributed by atoms with Gasteiger partial charge in [-0.2, -0.15) is 0 Å². The van der Waals surface area contributed by atoms with Crippen molar-refractivity contribution in [1.29, 1.82) is 0 Å². The number of hydrogen-bond acceptors (Lipinski definition) is 5. The van der Waals surface area contributed by atoms with Crippen molar-refractivity contribution in [1.82, 2.24) is 24.9 Å². The minimum absolute atomic E-state index is 1.16. The van der Waals surface area contributed by atoms with Crippen molar-refractivity contribution >= 4 is 0 Å². The van der Waals surface area contributed by atoms with Crippen molar-refractivity contribution < 1.29 is 0 Å². The monoisotopic (exact) mass is 283 g/mol. The average molecular weight is 283 g/mol. The molecule has 0 saturated carbocycles. The van der Waals surface area contributed by atoms with Crippen LogP contribution >= 0.6 is 0 Å². The van der Waals surface area contributed by atoms with Crippen molar-refractivity contribution in [2.75, 3.05) is 92.6 Å². The number of rotatable bonds is 6. The predicted octanol–water partition coefficient (Wildman–Crippen LogP) is -0.539. The van der Waals surface area contributed by atoms with E-state index in [1.54, 1.807) is 0 Å². The van der Waals surface area contributed by atoms with Gasteiger partial charge in [0.1, 0.15) is 0 Å². The predicted molar refractivity (Wildman–Crippen MR) is 85.4 cm³/mol. The zero-order chi connectivity index (χ0) is 14.2. The van der Waals surface area contributed by atoms with Gasteiger partial charge in [0.25, 0.3) is 0 Å². The summed E-state index contributed by atoms with van der Waals surface area (Å²) >= 11 is 0. The van der Waals surface area contributed by atoms with E-state index >= 15 is 0 Å². The fourth-order valence-electron chi connectivity index (χ4n) is 2.99. The molecule has 2 aliphatic rings. The molecule has 0 atom stereocenters. The lowest BCUT2D eigenvalue weighted by molar-refractivity contribution is 0.114. The van der Waals surface area contributed by atoms with E-state index < -0.39 is 0 Å². The fourth-order valence-corrected chi connectivity index (χ4v) is 2.99. The van der Waals surface area contributed by atoms with Gasteiger partial charge in [-0.1, -0.05) is 0 Å². The van der Waals surface area contributed by atoms with Crippen LogP contribution in [0.4, 0.5) is 0 Å². The summed E-state index contributed by atoms with van der Waals surface area (Å²) in [7, 11) is 4.32. The average Bonchev–Trinajstić information content (AvgIpc) is 2.72. The molecule has 0 aromatic heterocycles. The summed E-state index contributed by atoms with van der Waals surface area (Å²) in [4.78, 5) is 10.1. The maximum absolute atomic E-state index is 3.48. The van der Waals surface area contributed by atoms with E-state index in [9.17, 15) is 0 Å². The van der Waals surface area contributed by atoms with E-state index in [1.807, 2.05) is 0 Å². The maximum atomic E-state index is 3.48. The molecule has 1 N–H and O–H groups in total. The Hall–Kier alpha value is -0.200. The molecule has 2 saturated heterocycles. The first-order chi connectivity index (χ1) is 9.74. The van der Waals surface area contributed by atoms with Crippen molar-refractivity contribution in [3.05, 3.63) is 0 Å². The zero-order valence-electron chi connectivity index (χ0n) is 13.5. The van der Waals surface area contributed by atoms with Gasteiger partial charge in [-0.05, 0) is 33.6 Å². The second kappa shape index (κ2) is 8.95. The van der Waals surface area contributed by atoms with Gasteiger partial charge in [0.2, 0.25) is 0 Å². The summed E-state index contributed by atoms with van der Waals surface area (Å²) in [5.74, 6) is 0. The first-order valence-electron chi connectivity index (χ1n) is 8.26. The first kappa shape index (κ1) is 16.2. The van der Waals surface area contributed by atoms with Crippen LogP contribution in [0.1, 0.15) is 6.42 Å². The smallest absolute Gasteiger partial charge is 0.0110 e. The summed E-state index contributed by atoms with van der Waals surface area (Å²) < 4.78 is 0. The van der Waals surface area contributed by atoms with Crippen molar-refractivity contribution in [2.24, 2.45) is 0 Å². The molecule has 118 valence electrons. The van der Waals surface area contributed by atoms with E-state index in [0.717, 1.165) is 6.54 Å². The standard InChI is InChI=1S/C15H33N5/c1-17(2)8-9-19-12-14-20(15-13-19)11-10-18-6-3-4-16-5-7-18/h16H,3-15H2,1-2H3. The number of likely N-dealkylation sites (N-methyl/N-ethyl adjacent to an activating group) is 1. The summed E-state index contributed by atoms with van der Waals surface area (Å²) in [6, 6.07) is 0. The maximum Gasteiger partial charge on any atom is 0.0110 e. The molecule has 2 rings (SSSR count). The van der Waals surface area contributed by atoms with Crippen LogP contribution in [0.25, 0.3) is 0 Å². The molecule has 0 unspecified atom stereocenters. The van der Waals surface area contributed by atoms with E-state index in [2.05, 4.69) is 39.0 Å². The van der Waals surface area contributed by atoms with Crippen molar-refractivity contribution in [2.45, 2.75) is 6.42 Å². The largest absolute Gasteiger partial charge is 0.315 e. The third kappa shape index (κ3) is 6.06. The molecule has 0 aliphatic carbocycles. The third-order valence-corrected chi connectivity index (χ3v) is 4.49.